The minimum Gasteiger partial charge on any atom is -0.232 e. The predicted molar refractivity (Wildman–Crippen MR) is 122 cm³/mol. The number of sulfone groups is 1. The molecule has 3 aromatic carbocycles. The minimum atomic E-state index is -3.26. The quantitative estimate of drug-likeness (QED) is 0.401. The third kappa shape index (κ3) is 4.04. The molecule has 0 radical (unpaired) electrons. The molecule has 0 N–H and O–H groups in total. The number of hydrogen-bond acceptors (Lipinski definition) is 3. The fourth-order valence-electron chi connectivity index (χ4n) is 3.38. The molecule has 0 bridgehead atoms. The fraction of sp³-hybridized carbons (Fsp3) is 0.125. The highest BCUT2D eigenvalue weighted by atomic mass is 35.5. The number of hydrogen-bond donors (Lipinski definition) is 0. The van der Waals surface area contributed by atoms with Crippen LogP contribution in [0.25, 0.3) is 28.2 Å². The lowest BCUT2D eigenvalue weighted by molar-refractivity contribution is 0.602. The highest BCUT2D eigenvalue weighted by Crippen LogP contribution is 2.31. The molecule has 0 aliphatic heterocycles. The van der Waals surface area contributed by atoms with Gasteiger partial charge in [-0.25, -0.2) is 13.1 Å². The number of aromatic nitrogens is 2. The number of rotatable bonds is 4. The van der Waals surface area contributed by atoms with Gasteiger partial charge in [-0.15, -0.1) is 0 Å². The molecule has 6 heteroatoms. The molecule has 0 saturated heterocycles. The van der Waals surface area contributed by atoms with E-state index in [9.17, 15) is 8.42 Å². The van der Waals surface area contributed by atoms with Crippen molar-refractivity contribution in [2.75, 3.05) is 6.26 Å². The van der Waals surface area contributed by atoms with Crippen LogP contribution in [0.5, 0.6) is 0 Å². The van der Waals surface area contributed by atoms with Crippen LogP contribution in [-0.2, 0) is 9.84 Å². The van der Waals surface area contributed by atoms with Gasteiger partial charge in [0.25, 0.3) is 0 Å². The van der Waals surface area contributed by atoms with Gasteiger partial charge in [0, 0.05) is 22.4 Å². The molecule has 152 valence electrons. The predicted octanol–water partition coefficient (Wildman–Crippen LogP) is 5.88. The van der Waals surface area contributed by atoms with Crippen LogP contribution >= 0.6 is 11.6 Å². The van der Waals surface area contributed by atoms with Gasteiger partial charge in [-0.05, 0) is 67.9 Å². The van der Waals surface area contributed by atoms with Crippen LogP contribution < -0.4 is 0 Å². The van der Waals surface area contributed by atoms with Crippen LogP contribution in [0, 0.1) is 13.8 Å². The third-order valence-electron chi connectivity index (χ3n) is 5.03. The third-order valence-corrected chi connectivity index (χ3v) is 6.41. The zero-order valence-corrected chi connectivity index (χ0v) is 18.5. The number of halogens is 1. The molecule has 0 unspecified atom stereocenters. The van der Waals surface area contributed by atoms with Crippen molar-refractivity contribution in [3.8, 4) is 28.2 Å². The largest absolute Gasteiger partial charge is 0.232 e. The van der Waals surface area contributed by atoms with E-state index in [4.69, 9.17) is 16.7 Å². The molecular weight excluding hydrogens is 416 g/mol. The Morgan fingerprint density at radius 3 is 2.17 bits per heavy atom. The minimum absolute atomic E-state index is 0.279. The summed E-state index contributed by atoms with van der Waals surface area (Å²) < 4.78 is 25.5. The number of aryl methyl sites for hydroxylation is 2. The van der Waals surface area contributed by atoms with E-state index < -0.39 is 9.84 Å². The van der Waals surface area contributed by atoms with Crippen molar-refractivity contribution in [3.05, 3.63) is 88.9 Å². The maximum Gasteiger partial charge on any atom is 0.175 e. The molecular formula is C24H21ClN2O2S. The summed E-state index contributed by atoms with van der Waals surface area (Å²) in [7, 11) is -3.26. The van der Waals surface area contributed by atoms with Crippen molar-refractivity contribution in [1.82, 2.24) is 9.78 Å². The van der Waals surface area contributed by atoms with Crippen LogP contribution in [0.15, 0.2) is 77.7 Å². The molecule has 0 fully saturated rings. The summed E-state index contributed by atoms with van der Waals surface area (Å²) in [6.07, 6.45) is 1.20. The van der Waals surface area contributed by atoms with E-state index in [1.165, 1.54) is 6.26 Å². The molecule has 0 atom stereocenters. The first-order chi connectivity index (χ1) is 14.2. The van der Waals surface area contributed by atoms with Gasteiger partial charge >= 0.3 is 0 Å². The lowest BCUT2D eigenvalue weighted by Crippen LogP contribution is -2.01. The molecule has 1 aromatic heterocycles. The summed E-state index contributed by atoms with van der Waals surface area (Å²) in [6, 6.07) is 22.7. The van der Waals surface area contributed by atoms with Crippen LogP contribution in [-0.4, -0.2) is 24.5 Å². The lowest BCUT2D eigenvalue weighted by Gasteiger charge is -2.09. The Morgan fingerprint density at radius 2 is 1.53 bits per heavy atom. The Hall–Kier alpha value is -2.89. The monoisotopic (exact) mass is 436 g/mol. The molecule has 4 aromatic rings. The van der Waals surface area contributed by atoms with E-state index >= 15 is 0 Å². The van der Waals surface area contributed by atoms with Crippen LogP contribution in [0.2, 0.25) is 5.02 Å². The summed E-state index contributed by atoms with van der Waals surface area (Å²) >= 11 is 6.08. The maximum absolute atomic E-state index is 11.8. The first kappa shape index (κ1) is 20.4. The Bertz CT molecular complexity index is 1320. The average Bonchev–Trinajstić information content (AvgIpc) is 3.15. The van der Waals surface area contributed by atoms with Crippen molar-refractivity contribution in [1.29, 1.82) is 0 Å². The molecule has 1 heterocycles. The highest BCUT2D eigenvalue weighted by molar-refractivity contribution is 7.90. The van der Waals surface area contributed by atoms with Gasteiger partial charge in [-0.3, -0.25) is 0 Å². The second-order valence-corrected chi connectivity index (χ2v) is 9.87. The van der Waals surface area contributed by atoms with Crippen LogP contribution in [0.4, 0.5) is 0 Å². The van der Waals surface area contributed by atoms with E-state index in [1.54, 1.807) is 24.3 Å². The van der Waals surface area contributed by atoms with E-state index in [1.807, 2.05) is 28.9 Å². The molecule has 0 spiro atoms. The first-order valence-electron chi connectivity index (χ1n) is 9.46. The average molecular weight is 437 g/mol. The van der Waals surface area contributed by atoms with Crippen molar-refractivity contribution >= 4 is 21.4 Å². The van der Waals surface area contributed by atoms with Gasteiger partial charge in [0.1, 0.15) is 0 Å². The standard InChI is InChI=1S/C24H21ClN2O2S/c1-16-4-5-17(2)22(14-16)23-15-24(18-6-8-19(25)9-7-18)27(26-23)20-10-12-21(13-11-20)30(3,28)29/h4-15H,1-3H3. The maximum atomic E-state index is 11.8. The van der Waals surface area contributed by atoms with Crippen molar-refractivity contribution in [2.24, 2.45) is 0 Å². The molecule has 0 saturated carbocycles. The van der Waals surface area contributed by atoms with Gasteiger partial charge in [-0.1, -0.05) is 41.4 Å². The summed E-state index contributed by atoms with van der Waals surface area (Å²) in [5.41, 5.74) is 6.87. The Labute approximate surface area is 181 Å². The zero-order chi connectivity index (χ0) is 21.5. The fourth-order valence-corrected chi connectivity index (χ4v) is 4.14. The topological polar surface area (TPSA) is 52.0 Å². The molecule has 0 aliphatic rings. The summed E-state index contributed by atoms with van der Waals surface area (Å²) in [4.78, 5) is 0.279. The van der Waals surface area contributed by atoms with Crippen molar-refractivity contribution < 1.29 is 8.42 Å². The normalized spacial score (nSPS) is 11.6. The van der Waals surface area contributed by atoms with Gasteiger partial charge < -0.3 is 0 Å². The number of benzene rings is 3. The Balaban J connectivity index is 1.91. The smallest absolute Gasteiger partial charge is 0.175 e. The summed E-state index contributed by atoms with van der Waals surface area (Å²) in [6.45, 7) is 4.13. The van der Waals surface area contributed by atoms with Gasteiger partial charge in [0.05, 0.1) is 22.0 Å². The van der Waals surface area contributed by atoms with Gasteiger partial charge in [-0.2, -0.15) is 5.10 Å². The highest BCUT2D eigenvalue weighted by Gasteiger charge is 2.15. The van der Waals surface area contributed by atoms with Crippen LogP contribution in [0.1, 0.15) is 11.1 Å². The van der Waals surface area contributed by atoms with E-state index in [0.29, 0.717) is 5.02 Å². The summed E-state index contributed by atoms with van der Waals surface area (Å²) in [5, 5.41) is 5.54. The Morgan fingerprint density at radius 1 is 0.867 bits per heavy atom. The molecule has 4 nitrogen and oxygen atoms in total. The number of nitrogens with zero attached hydrogens (tertiary/aromatic N) is 2. The van der Waals surface area contributed by atoms with Crippen LogP contribution in [0.3, 0.4) is 0 Å². The molecule has 0 amide bonds. The van der Waals surface area contributed by atoms with Gasteiger partial charge in [0.15, 0.2) is 9.84 Å². The van der Waals surface area contributed by atoms with Gasteiger partial charge in [0.2, 0.25) is 0 Å². The van der Waals surface area contributed by atoms with E-state index in [2.05, 4.69) is 38.1 Å². The molecule has 0 aliphatic carbocycles. The second-order valence-electron chi connectivity index (χ2n) is 7.42. The summed E-state index contributed by atoms with van der Waals surface area (Å²) in [5.74, 6) is 0. The van der Waals surface area contributed by atoms with Crippen molar-refractivity contribution in [2.45, 2.75) is 18.7 Å². The zero-order valence-electron chi connectivity index (χ0n) is 16.9. The Kier molecular flexibility index (Phi) is 5.26. The molecule has 4 rings (SSSR count). The van der Waals surface area contributed by atoms with E-state index in [-0.39, 0.29) is 4.90 Å². The first-order valence-corrected chi connectivity index (χ1v) is 11.7. The van der Waals surface area contributed by atoms with E-state index in [0.717, 1.165) is 39.3 Å². The SMILES string of the molecule is Cc1ccc(C)c(-c2cc(-c3ccc(Cl)cc3)n(-c3ccc(S(C)(=O)=O)cc3)n2)c1. The lowest BCUT2D eigenvalue weighted by atomic mass is 10.0. The second kappa shape index (κ2) is 7.74. The van der Waals surface area contributed by atoms with Crippen molar-refractivity contribution in [3.63, 3.8) is 0 Å². The molecule has 30 heavy (non-hydrogen) atoms.